The van der Waals surface area contributed by atoms with Crippen molar-refractivity contribution in [3.05, 3.63) is 34.3 Å². The second-order valence-electron chi connectivity index (χ2n) is 4.67. The zero-order valence-electron chi connectivity index (χ0n) is 9.80. The molecule has 18 heavy (non-hydrogen) atoms. The molecule has 1 aliphatic rings. The Kier molecular flexibility index (Phi) is 4.33. The normalized spacial score (nSPS) is 19.1. The number of nitrogens with one attached hydrogen (secondary N) is 1. The molecule has 1 unspecified atom stereocenters. The van der Waals surface area contributed by atoms with Gasteiger partial charge in [-0.1, -0.05) is 40.9 Å². The summed E-state index contributed by atoms with van der Waals surface area (Å²) in [5.41, 5.74) is 0.276. The van der Waals surface area contributed by atoms with E-state index in [-0.39, 0.29) is 11.6 Å². The van der Waals surface area contributed by atoms with Crippen molar-refractivity contribution < 1.29 is 13.2 Å². The van der Waals surface area contributed by atoms with Crippen molar-refractivity contribution in [2.75, 3.05) is 0 Å². The molecule has 0 saturated heterocycles. The molecule has 0 aliphatic heterocycles. The van der Waals surface area contributed by atoms with Gasteiger partial charge in [-0.25, -0.2) is 0 Å². The van der Waals surface area contributed by atoms with Crippen LogP contribution < -0.4 is 5.32 Å². The quantitative estimate of drug-likeness (QED) is 0.858. The van der Waals surface area contributed by atoms with E-state index in [4.69, 9.17) is 0 Å². The molecule has 100 valence electrons. The highest BCUT2D eigenvalue weighted by Crippen LogP contribution is 2.35. The van der Waals surface area contributed by atoms with Crippen LogP contribution in [0.3, 0.4) is 0 Å². The maximum absolute atomic E-state index is 13.1. The molecule has 1 fully saturated rings. The maximum atomic E-state index is 13.1. The first-order valence-corrected chi connectivity index (χ1v) is 6.84. The first kappa shape index (κ1) is 13.9. The molecule has 0 bridgehead atoms. The van der Waals surface area contributed by atoms with Crippen molar-refractivity contribution in [3.63, 3.8) is 0 Å². The highest BCUT2D eigenvalue weighted by atomic mass is 79.9. The monoisotopic (exact) mass is 321 g/mol. The molecule has 0 heterocycles. The zero-order valence-corrected chi connectivity index (χ0v) is 11.4. The van der Waals surface area contributed by atoms with Gasteiger partial charge < -0.3 is 0 Å². The Labute approximate surface area is 113 Å². The Morgan fingerprint density at radius 1 is 1.11 bits per heavy atom. The topological polar surface area (TPSA) is 12.0 Å². The van der Waals surface area contributed by atoms with E-state index in [1.54, 1.807) is 12.1 Å². The maximum Gasteiger partial charge on any atom is 0.407 e. The lowest BCUT2D eigenvalue weighted by Crippen LogP contribution is -2.39. The Bertz CT molecular complexity index is 382. The van der Waals surface area contributed by atoms with Gasteiger partial charge in [0, 0.05) is 10.5 Å². The van der Waals surface area contributed by atoms with Crippen LogP contribution in [0.5, 0.6) is 0 Å². The third-order valence-electron chi connectivity index (χ3n) is 3.29. The molecule has 1 atom stereocenters. The number of rotatable bonds is 3. The van der Waals surface area contributed by atoms with Gasteiger partial charge in [0.2, 0.25) is 0 Å². The zero-order chi connectivity index (χ0) is 13.2. The number of benzene rings is 1. The summed E-state index contributed by atoms with van der Waals surface area (Å²) in [5, 5.41) is 2.75. The van der Waals surface area contributed by atoms with Crippen molar-refractivity contribution in [2.24, 2.45) is 0 Å². The van der Waals surface area contributed by atoms with Crippen molar-refractivity contribution >= 4 is 15.9 Å². The lowest BCUT2D eigenvalue weighted by atomic mass is 10.0. The van der Waals surface area contributed by atoms with E-state index >= 15 is 0 Å². The van der Waals surface area contributed by atoms with Crippen LogP contribution in [0, 0.1) is 0 Å². The third-order valence-corrected chi connectivity index (χ3v) is 3.82. The SMILES string of the molecule is FC(F)(F)C(NC1CCCC1)c1ccc(Br)cc1. The van der Waals surface area contributed by atoms with Gasteiger partial charge in [0.1, 0.15) is 6.04 Å². The largest absolute Gasteiger partial charge is 0.407 e. The summed E-state index contributed by atoms with van der Waals surface area (Å²) in [6.07, 6.45) is -0.548. The molecule has 1 nitrogen and oxygen atoms in total. The third kappa shape index (κ3) is 3.48. The Balaban J connectivity index is 2.16. The number of hydrogen-bond acceptors (Lipinski definition) is 1. The molecule has 2 rings (SSSR count). The fourth-order valence-electron chi connectivity index (χ4n) is 2.36. The summed E-state index contributed by atoms with van der Waals surface area (Å²) < 4.78 is 40.0. The Hall–Kier alpha value is -0.550. The van der Waals surface area contributed by atoms with Gasteiger partial charge in [0.25, 0.3) is 0 Å². The Morgan fingerprint density at radius 3 is 2.17 bits per heavy atom. The highest BCUT2D eigenvalue weighted by Gasteiger charge is 2.41. The summed E-state index contributed by atoms with van der Waals surface area (Å²) in [6, 6.07) is 4.75. The second-order valence-corrected chi connectivity index (χ2v) is 5.59. The van der Waals surface area contributed by atoms with Crippen LogP contribution >= 0.6 is 15.9 Å². The van der Waals surface area contributed by atoms with E-state index in [2.05, 4.69) is 21.2 Å². The molecule has 1 N–H and O–H groups in total. The van der Waals surface area contributed by atoms with E-state index in [0.29, 0.717) is 0 Å². The first-order chi connectivity index (χ1) is 8.47. The number of hydrogen-bond donors (Lipinski definition) is 1. The molecule has 0 spiro atoms. The van der Waals surface area contributed by atoms with Crippen LogP contribution in [-0.4, -0.2) is 12.2 Å². The van der Waals surface area contributed by atoms with Crippen molar-refractivity contribution in [2.45, 2.75) is 43.9 Å². The average molecular weight is 322 g/mol. The van der Waals surface area contributed by atoms with Crippen molar-refractivity contribution in [3.8, 4) is 0 Å². The van der Waals surface area contributed by atoms with Gasteiger partial charge in [-0.05, 0) is 30.5 Å². The lowest BCUT2D eigenvalue weighted by molar-refractivity contribution is -0.159. The van der Waals surface area contributed by atoms with Gasteiger partial charge in [-0.2, -0.15) is 13.2 Å². The predicted molar refractivity (Wildman–Crippen MR) is 68.3 cm³/mol. The molecule has 5 heteroatoms. The summed E-state index contributed by atoms with van der Waals surface area (Å²) in [6.45, 7) is 0. The molecule has 0 radical (unpaired) electrons. The standard InChI is InChI=1S/C13H15BrF3N/c14-10-7-5-9(6-8-10)12(13(15,16)17)18-11-3-1-2-4-11/h5-8,11-12,18H,1-4H2. The molecule has 1 aliphatic carbocycles. The van der Waals surface area contributed by atoms with Crippen molar-refractivity contribution in [1.82, 2.24) is 5.32 Å². The summed E-state index contributed by atoms with van der Waals surface area (Å²) in [7, 11) is 0. The summed E-state index contributed by atoms with van der Waals surface area (Å²) in [5.74, 6) is 0. The van der Waals surface area contributed by atoms with Crippen molar-refractivity contribution in [1.29, 1.82) is 0 Å². The summed E-state index contributed by atoms with van der Waals surface area (Å²) >= 11 is 3.23. The first-order valence-electron chi connectivity index (χ1n) is 6.05. The minimum Gasteiger partial charge on any atom is -0.300 e. The van der Waals surface area contributed by atoms with Gasteiger partial charge >= 0.3 is 6.18 Å². The van der Waals surface area contributed by atoms with E-state index < -0.39 is 12.2 Å². The predicted octanol–water partition coefficient (Wildman–Crippen LogP) is 4.58. The fourth-order valence-corrected chi connectivity index (χ4v) is 2.63. The average Bonchev–Trinajstić information content (AvgIpc) is 2.79. The lowest BCUT2D eigenvalue weighted by Gasteiger charge is -2.25. The van der Waals surface area contributed by atoms with Crippen LogP contribution in [0.25, 0.3) is 0 Å². The molecule has 1 saturated carbocycles. The highest BCUT2D eigenvalue weighted by molar-refractivity contribution is 9.10. The molecule has 0 aromatic heterocycles. The number of alkyl halides is 3. The smallest absolute Gasteiger partial charge is 0.300 e. The van der Waals surface area contributed by atoms with Crippen LogP contribution in [0.15, 0.2) is 28.7 Å². The minimum absolute atomic E-state index is 0.0136. The molecule has 1 aromatic carbocycles. The summed E-state index contributed by atoms with van der Waals surface area (Å²) in [4.78, 5) is 0. The van der Waals surface area contributed by atoms with E-state index in [1.807, 2.05) is 0 Å². The molecular formula is C13H15BrF3N. The molecule has 1 aromatic rings. The van der Waals surface area contributed by atoms with Crippen LogP contribution in [0.4, 0.5) is 13.2 Å². The van der Waals surface area contributed by atoms with Gasteiger partial charge in [0.05, 0.1) is 0 Å². The van der Waals surface area contributed by atoms with Gasteiger partial charge in [-0.3, -0.25) is 5.32 Å². The van der Waals surface area contributed by atoms with Gasteiger partial charge in [-0.15, -0.1) is 0 Å². The van der Waals surface area contributed by atoms with Crippen LogP contribution in [-0.2, 0) is 0 Å². The van der Waals surface area contributed by atoms with Crippen LogP contribution in [0.2, 0.25) is 0 Å². The number of halogens is 4. The second kappa shape index (κ2) is 5.61. The molecular weight excluding hydrogens is 307 g/mol. The van der Waals surface area contributed by atoms with E-state index in [9.17, 15) is 13.2 Å². The fraction of sp³-hybridized carbons (Fsp3) is 0.538. The van der Waals surface area contributed by atoms with E-state index in [1.165, 1.54) is 12.1 Å². The minimum atomic E-state index is -4.25. The molecule has 0 amide bonds. The van der Waals surface area contributed by atoms with Gasteiger partial charge in [0.15, 0.2) is 0 Å². The van der Waals surface area contributed by atoms with Crippen LogP contribution in [0.1, 0.15) is 37.3 Å². The van der Waals surface area contributed by atoms with E-state index in [0.717, 1.165) is 30.2 Å². The Morgan fingerprint density at radius 2 is 1.67 bits per heavy atom.